The van der Waals surface area contributed by atoms with Gasteiger partial charge in [-0.3, -0.25) is 0 Å². The Bertz CT molecular complexity index is 341. The van der Waals surface area contributed by atoms with Gasteiger partial charge in [-0.1, -0.05) is 6.92 Å². The van der Waals surface area contributed by atoms with E-state index in [9.17, 15) is 8.78 Å². The predicted octanol–water partition coefficient (Wildman–Crippen LogP) is 2.36. The lowest BCUT2D eigenvalue weighted by Gasteiger charge is -2.18. The van der Waals surface area contributed by atoms with Crippen LogP contribution in [0, 0.1) is 11.6 Å². The molecule has 0 spiro atoms. The zero-order valence-corrected chi connectivity index (χ0v) is 10.7. The van der Waals surface area contributed by atoms with E-state index in [1.165, 1.54) is 0 Å². The lowest BCUT2D eigenvalue weighted by Crippen LogP contribution is -2.38. The van der Waals surface area contributed by atoms with Gasteiger partial charge in [0.05, 0.1) is 12.6 Å². The molecule has 5 heteroatoms. The fourth-order valence-corrected chi connectivity index (χ4v) is 1.52. The summed E-state index contributed by atoms with van der Waals surface area (Å²) in [5.41, 5.74) is 0. The molecule has 1 unspecified atom stereocenters. The second kappa shape index (κ2) is 8.00. The molecule has 0 heterocycles. The molecular weight excluding hydrogens is 240 g/mol. The summed E-state index contributed by atoms with van der Waals surface area (Å²) in [6.45, 7) is 3.68. The van der Waals surface area contributed by atoms with Gasteiger partial charge in [-0.25, -0.2) is 8.78 Å². The van der Waals surface area contributed by atoms with E-state index in [2.05, 4.69) is 12.2 Å². The quantitative estimate of drug-likeness (QED) is 0.777. The number of methoxy groups -OCH3 is 1. The Hall–Kier alpha value is -1.20. The van der Waals surface area contributed by atoms with Crippen molar-refractivity contribution >= 4 is 0 Å². The minimum absolute atomic E-state index is 0.00118. The highest BCUT2D eigenvalue weighted by molar-refractivity contribution is 5.23. The van der Waals surface area contributed by atoms with E-state index in [1.807, 2.05) is 0 Å². The number of halogens is 2. The van der Waals surface area contributed by atoms with Crippen molar-refractivity contribution in [2.24, 2.45) is 0 Å². The van der Waals surface area contributed by atoms with Crippen molar-refractivity contribution in [3.05, 3.63) is 29.8 Å². The van der Waals surface area contributed by atoms with Gasteiger partial charge in [0.15, 0.2) is 0 Å². The van der Waals surface area contributed by atoms with Gasteiger partial charge in [-0.2, -0.15) is 0 Å². The van der Waals surface area contributed by atoms with E-state index < -0.39 is 11.6 Å². The molecule has 18 heavy (non-hydrogen) atoms. The zero-order chi connectivity index (χ0) is 13.4. The van der Waals surface area contributed by atoms with E-state index in [0.717, 1.165) is 31.2 Å². The van der Waals surface area contributed by atoms with Crippen LogP contribution >= 0.6 is 0 Å². The Morgan fingerprint density at radius 1 is 1.17 bits per heavy atom. The molecule has 0 amide bonds. The van der Waals surface area contributed by atoms with Gasteiger partial charge < -0.3 is 14.8 Å². The Morgan fingerprint density at radius 3 is 2.39 bits per heavy atom. The second-order valence-corrected chi connectivity index (χ2v) is 4.02. The first kappa shape index (κ1) is 14.9. The average molecular weight is 259 g/mol. The molecule has 0 saturated carbocycles. The Morgan fingerprint density at radius 2 is 1.83 bits per heavy atom. The Balaban J connectivity index is 2.49. The van der Waals surface area contributed by atoms with Gasteiger partial charge in [0, 0.05) is 25.3 Å². The molecule has 0 saturated heterocycles. The molecule has 1 aromatic rings. The van der Waals surface area contributed by atoms with Crippen molar-refractivity contribution in [2.45, 2.75) is 19.4 Å². The van der Waals surface area contributed by atoms with Gasteiger partial charge in [0.1, 0.15) is 24.0 Å². The minimum Gasteiger partial charge on any atom is -0.492 e. The lowest BCUT2D eigenvalue weighted by molar-refractivity contribution is 0.136. The van der Waals surface area contributed by atoms with Crippen molar-refractivity contribution in [1.82, 2.24) is 5.32 Å². The number of ether oxygens (including phenoxy) is 2. The highest BCUT2D eigenvalue weighted by Gasteiger charge is 2.09. The van der Waals surface area contributed by atoms with Crippen molar-refractivity contribution < 1.29 is 18.3 Å². The van der Waals surface area contributed by atoms with Gasteiger partial charge in [0.2, 0.25) is 0 Å². The summed E-state index contributed by atoms with van der Waals surface area (Å²) in [4.78, 5) is 0. The van der Waals surface area contributed by atoms with Crippen LogP contribution in [0.5, 0.6) is 5.75 Å². The minimum atomic E-state index is -0.644. The first-order valence-electron chi connectivity index (χ1n) is 5.97. The molecule has 1 aromatic carbocycles. The number of nitrogens with one attached hydrogen (secondary N) is 1. The molecule has 0 aliphatic heterocycles. The third-order valence-corrected chi connectivity index (χ3v) is 2.34. The van der Waals surface area contributed by atoms with Crippen LogP contribution < -0.4 is 10.1 Å². The fourth-order valence-electron chi connectivity index (χ4n) is 1.52. The number of rotatable bonds is 8. The van der Waals surface area contributed by atoms with Crippen LogP contribution in [0.3, 0.4) is 0 Å². The average Bonchev–Trinajstić information content (AvgIpc) is 2.31. The maximum Gasteiger partial charge on any atom is 0.129 e. The highest BCUT2D eigenvalue weighted by Crippen LogP contribution is 2.15. The number of benzene rings is 1. The number of hydrogen-bond acceptors (Lipinski definition) is 3. The lowest BCUT2D eigenvalue weighted by atomic mass is 10.3. The molecule has 1 rings (SSSR count). The van der Waals surface area contributed by atoms with Crippen LogP contribution in [-0.2, 0) is 4.74 Å². The molecule has 102 valence electrons. The molecule has 0 fully saturated rings. The van der Waals surface area contributed by atoms with Crippen molar-refractivity contribution in [3.8, 4) is 5.75 Å². The van der Waals surface area contributed by atoms with Gasteiger partial charge in [-0.05, 0) is 13.0 Å². The van der Waals surface area contributed by atoms with Gasteiger partial charge in [-0.15, -0.1) is 0 Å². The zero-order valence-electron chi connectivity index (χ0n) is 10.7. The summed E-state index contributed by atoms with van der Waals surface area (Å²) >= 11 is 0. The SMILES string of the molecule is CCCNC(COC)COc1cc(F)cc(F)c1. The van der Waals surface area contributed by atoms with Crippen LogP contribution in [0.25, 0.3) is 0 Å². The molecule has 3 nitrogen and oxygen atoms in total. The topological polar surface area (TPSA) is 30.5 Å². The fraction of sp³-hybridized carbons (Fsp3) is 0.538. The first-order chi connectivity index (χ1) is 8.65. The largest absolute Gasteiger partial charge is 0.492 e. The predicted molar refractivity (Wildman–Crippen MR) is 65.8 cm³/mol. The smallest absolute Gasteiger partial charge is 0.129 e. The van der Waals surface area contributed by atoms with Crippen LogP contribution in [0.2, 0.25) is 0 Å². The summed E-state index contributed by atoms with van der Waals surface area (Å²) in [5, 5.41) is 3.23. The highest BCUT2D eigenvalue weighted by atomic mass is 19.1. The van der Waals surface area contributed by atoms with Crippen molar-refractivity contribution in [3.63, 3.8) is 0 Å². The molecule has 1 atom stereocenters. The maximum atomic E-state index is 12.9. The summed E-state index contributed by atoms with van der Waals surface area (Å²) in [6, 6.07) is 3.13. The van der Waals surface area contributed by atoms with E-state index in [-0.39, 0.29) is 11.8 Å². The van der Waals surface area contributed by atoms with Gasteiger partial charge in [0.25, 0.3) is 0 Å². The van der Waals surface area contributed by atoms with Crippen molar-refractivity contribution in [2.75, 3.05) is 26.9 Å². The third kappa shape index (κ3) is 5.42. The van der Waals surface area contributed by atoms with Crippen LogP contribution in [0.1, 0.15) is 13.3 Å². The summed E-state index contributed by atoms with van der Waals surface area (Å²) in [6.07, 6.45) is 0.995. The monoisotopic (exact) mass is 259 g/mol. The summed E-state index contributed by atoms with van der Waals surface area (Å²) in [5.74, 6) is -1.10. The van der Waals surface area contributed by atoms with Crippen molar-refractivity contribution in [1.29, 1.82) is 0 Å². The number of hydrogen-bond donors (Lipinski definition) is 1. The summed E-state index contributed by atoms with van der Waals surface area (Å²) < 4.78 is 36.3. The van der Waals surface area contributed by atoms with E-state index in [4.69, 9.17) is 9.47 Å². The Labute approximate surface area is 106 Å². The molecule has 1 N–H and O–H groups in total. The molecule has 0 radical (unpaired) electrons. The van der Waals surface area contributed by atoms with E-state index in [0.29, 0.717) is 13.2 Å². The van der Waals surface area contributed by atoms with Crippen LogP contribution in [0.15, 0.2) is 18.2 Å². The van der Waals surface area contributed by atoms with Crippen LogP contribution in [0.4, 0.5) is 8.78 Å². The van der Waals surface area contributed by atoms with E-state index >= 15 is 0 Å². The standard InChI is InChI=1S/C13H19F2NO2/c1-3-4-16-12(8-17-2)9-18-13-6-10(14)5-11(15)7-13/h5-7,12,16H,3-4,8-9H2,1-2H3. The molecule has 0 aliphatic rings. The third-order valence-electron chi connectivity index (χ3n) is 2.34. The molecule has 0 aliphatic carbocycles. The van der Waals surface area contributed by atoms with Gasteiger partial charge >= 0.3 is 0 Å². The van der Waals surface area contributed by atoms with E-state index in [1.54, 1.807) is 7.11 Å². The molecular formula is C13H19F2NO2. The maximum absolute atomic E-state index is 12.9. The van der Waals surface area contributed by atoms with Crippen LogP contribution in [-0.4, -0.2) is 32.9 Å². The molecule has 0 aromatic heterocycles. The first-order valence-corrected chi connectivity index (χ1v) is 5.97. The molecule has 0 bridgehead atoms. The normalized spacial score (nSPS) is 12.4. The second-order valence-electron chi connectivity index (χ2n) is 4.02. The summed E-state index contributed by atoms with van der Waals surface area (Å²) in [7, 11) is 1.60. The Kier molecular flexibility index (Phi) is 6.60.